The van der Waals surface area contributed by atoms with Crippen LogP contribution in [0.1, 0.15) is 71.6 Å². The molecule has 0 heterocycles. The van der Waals surface area contributed by atoms with Crippen LogP contribution in [0.15, 0.2) is 0 Å². The number of ether oxygens (including phenoxy) is 2. The van der Waals surface area contributed by atoms with Crippen molar-refractivity contribution in [2.24, 2.45) is 11.8 Å². The van der Waals surface area contributed by atoms with Crippen molar-refractivity contribution >= 4 is 0 Å². The van der Waals surface area contributed by atoms with Crippen LogP contribution in [0.4, 0.5) is 0 Å². The number of rotatable bonds is 5. The van der Waals surface area contributed by atoms with Gasteiger partial charge in [-0.3, -0.25) is 0 Å². The summed E-state index contributed by atoms with van der Waals surface area (Å²) >= 11 is 0. The molecular formula is C16H30O2. The lowest BCUT2D eigenvalue weighted by molar-refractivity contribution is -0.173. The van der Waals surface area contributed by atoms with Crippen LogP contribution in [0.5, 0.6) is 0 Å². The highest BCUT2D eigenvalue weighted by Gasteiger charge is 2.21. The predicted octanol–water partition coefficient (Wildman–Crippen LogP) is 4.52. The van der Waals surface area contributed by atoms with E-state index in [0.29, 0.717) is 6.10 Å². The standard InChI is InChI=1S/C16H30O2/c1-13-8-10-15(11-9-13)12-17-14(2)18-16-6-4-3-5-7-16/h13-16H,3-12H2,1-2H3. The third-order valence-corrected chi connectivity index (χ3v) is 4.64. The van der Waals surface area contributed by atoms with Crippen molar-refractivity contribution < 1.29 is 9.47 Å². The van der Waals surface area contributed by atoms with Gasteiger partial charge in [-0.15, -0.1) is 0 Å². The maximum absolute atomic E-state index is 5.98. The molecular weight excluding hydrogens is 224 g/mol. The van der Waals surface area contributed by atoms with Crippen LogP contribution in [0.25, 0.3) is 0 Å². The number of hydrogen-bond donors (Lipinski definition) is 0. The first-order valence-corrected chi connectivity index (χ1v) is 8.01. The van der Waals surface area contributed by atoms with Crippen LogP contribution < -0.4 is 0 Å². The van der Waals surface area contributed by atoms with Gasteiger partial charge in [0.1, 0.15) is 0 Å². The Morgan fingerprint density at radius 2 is 1.61 bits per heavy atom. The third kappa shape index (κ3) is 4.89. The van der Waals surface area contributed by atoms with E-state index in [2.05, 4.69) is 13.8 Å². The van der Waals surface area contributed by atoms with E-state index in [4.69, 9.17) is 9.47 Å². The van der Waals surface area contributed by atoms with Gasteiger partial charge in [-0.1, -0.05) is 39.0 Å². The van der Waals surface area contributed by atoms with E-state index in [1.807, 2.05) is 0 Å². The molecule has 106 valence electrons. The van der Waals surface area contributed by atoms with Crippen molar-refractivity contribution in [3.05, 3.63) is 0 Å². The summed E-state index contributed by atoms with van der Waals surface area (Å²) in [6.07, 6.45) is 12.4. The van der Waals surface area contributed by atoms with E-state index in [0.717, 1.165) is 18.4 Å². The molecule has 0 saturated heterocycles. The van der Waals surface area contributed by atoms with Gasteiger partial charge in [-0.05, 0) is 44.4 Å². The summed E-state index contributed by atoms with van der Waals surface area (Å²) in [7, 11) is 0. The Balaban J connectivity index is 1.57. The minimum Gasteiger partial charge on any atom is -0.353 e. The zero-order chi connectivity index (χ0) is 12.8. The molecule has 1 unspecified atom stereocenters. The van der Waals surface area contributed by atoms with Crippen LogP contribution >= 0.6 is 0 Å². The Hall–Kier alpha value is -0.0800. The van der Waals surface area contributed by atoms with Gasteiger partial charge in [0.25, 0.3) is 0 Å². The van der Waals surface area contributed by atoms with Crippen molar-refractivity contribution in [2.75, 3.05) is 6.61 Å². The topological polar surface area (TPSA) is 18.5 Å². The summed E-state index contributed by atoms with van der Waals surface area (Å²) in [5, 5.41) is 0. The summed E-state index contributed by atoms with van der Waals surface area (Å²) in [5.74, 6) is 1.70. The molecule has 2 nitrogen and oxygen atoms in total. The highest BCUT2D eigenvalue weighted by molar-refractivity contribution is 4.70. The molecule has 1 atom stereocenters. The van der Waals surface area contributed by atoms with Gasteiger partial charge in [0, 0.05) is 0 Å². The van der Waals surface area contributed by atoms with E-state index in [9.17, 15) is 0 Å². The second-order valence-corrected chi connectivity index (χ2v) is 6.42. The molecule has 0 aliphatic heterocycles. The van der Waals surface area contributed by atoms with Crippen molar-refractivity contribution in [1.29, 1.82) is 0 Å². The predicted molar refractivity (Wildman–Crippen MR) is 74.5 cm³/mol. The van der Waals surface area contributed by atoms with Gasteiger partial charge >= 0.3 is 0 Å². The Bertz CT molecular complexity index is 215. The Labute approximate surface area is 112 Å². The molecule has 18 heavy (non-hydrogen) atoms. The van der Waals surface area contributed by atoms with E-state index < -0.39 is 0 Å². The molecule has 0 amide bonds. The lowest BCUT2D eigenvalue weighted by atomic mass is 9.83. The Morgan fingerprint density at radius 3 is 2.28 bits per heavy atom. The summed E-state index contributed by atoms with van der Waals surface area (Å²) in [5.41, 5.74) is 0. The average molecular weight is 254 g/mol. The van der Waals surface area contributed by atoms with Crippen LogP contribution in [-0.2, 0) is 9.47 Å². The second kappa shape index (κ2) is 7.49. The van der Waals surface area contributed by atoms with E-state index >= 15 is 0 Å². The molecule has 0 aromatic rings. The fourth-order valence-corrected chi connectivity index (χ4v) is 3.28. The van der Waals surface area contributed by atoms with Gasteiger partial charge in [0.2, 0.25) is 0 Å². The SMILES string of the molecule is CC1CCC(COC(C)OC2CCCCC2)CC1. The normalized spacial score (nSPS) is 32.3. The Morgan fingerprint density at radius 1 is 0.944 bits per heavy atom. The molecule has 2 saturated carbocycles. The summed E-state index contributed by atoms with van der Waals surface area (Å²) in [4.78, 5) is 0. The van der Waals surface area contributed by atoms with Crippen LogP contribution in [0.3, 0.4) is 0 Å². The van der Waals surface area contributed by atoms with Crippen molar-refractivity contribution in [3.63, 3.8) is 0 Å². The molecule has 2 fully saturated rings. The highest BCUT2D eigenvalue weighted by atomic mass is 16.7. The zero-order valence-corrected chi connectivity index (χ0v) is 12.2. The van der Waals surface area contributed by atoms with E-state index in [1.54, 1.807) is 0 Å². The van der Waals surface area contributed by atoms with Gasteiger partial charge in [0.05, 0.1) is 12.7 Å². The lowest BCUT2D eigenvalue weighted by Crippen LogP contribution is -2.27. The van der Waals surface area contributed by atoms with Crippen LogP contribution in [0, 0.1) is 11.8 Å². The monoisotopic (exact) mass is 254 g/mol. The van der Waals surface area contributed by atoms with Crippen molar-refractivity contribution in [3.8, 4) is 0 Å². The Kier molecular flexibility index (Phi) is 5.97. The second-order valence-electron chi connectivity index (χ2n) is 6.42. The fourth-order valence-electron chi connectivity index (χ4n) is 3.28. The van der Waals surface area contributed by atoms with Gasteiger partial charge in [-0.25, -0.2) is 0 Å². The van der Waals surface area contributed by atoms with Crippen molar-refractivity contribution in [2.45, 2.75) is 84.0 Å². The molecule has 0 aromatic heterocycles. The quantitative estimate of drug-likeness (QED) is 0.671. The lowest BCUT2D eigenvalue weighted by Gasteiger charge is -2.29. The summed E-state index contributed by atoms with van der Waals surface area (Å²) in [6, 6.07) is 0. The zero-order valence-electron chi connectivity index (χ0n) is 12.2. The van der Waals surface area contributed by atoms with Gasteiger partial charge < -0.3 is 9.47 Å². The summed E-state index contributed by atoms with van der Waals surface area (Å²) < 4.78 is 11.9. The van der Waals surface area contributed by atoms with Crippen LogP contribution in [-0.4, -0.2) is 19.0 Å². The first-order chi connectivity index (χ1) is 8.74. The van der Waals surface area contributed by atoms with Crippen molar-refractivity contribution in [1.82, 2.24) is 0 Å². The smallest absolute Gasteiger partial charge is 0.155 e. The molecule has 0 aromatic carbocycles. The largest absolute Gasteiger partial charge is 0.353 e. The van der Waals surface area contributed by atoms with Gasteiger partial charge in [0.15, 0.2) is 6.29 Å². The molecule has 2 aliphatic carbocycles. The summed E-state index contributed by atoms with van der Waals surface area (Å²) in [6.45, 7) is 5.34. The molecule has 0 N–H and O–H groups in total. The molecule has 0 bridgehead atoms. The van der Waals surface area contributed by atoms with E-state index in [-0.39, 0.29) is 6.29 Å². The molecule has 2 heteroatoms. The first-order valence-electron chi connectivity index (χ1n) is 8.01. The average Bonchev–Trinajstić information content (AvgIpc) is 2.39. The minimum atomic E-state index is -0.00699. The molecule has 2 rings (SSSR count). The fraction of sp³-hybridized carbons (Fsp3) is 1.00. The van der Waals surface area contributed by atoms with Crippen LogP contribution in [0.2, 0.25) is 0 Å². The third-order valence-electron chi connectivity index (χ3n) is 4.64. The molecule has 2 aliphatic rings. The van der Waals surface area contributed by atoms with Gasteiger partial charge in [-0.2, -0.15) is 0 Å². The van der Waals surface area contributed by atoms with E-state index in [1.165, 1.54) is 57.8 Å². The first kappa shape index (κ1) is 14.3. The highest BCUT2D eigenvalue weighted by Crippen LogP contribution is 2.29. The maximum atomic E-state index is 5.98. The maximum Gasteiger partial charge on any atom is 0.155 e. The number of hydrogen-bond acceptors (Lipinski definition) is 2. The minimum absolute atomic E-state index is 0.00699. The molecule has 0 spiro atoms. The molecule has 0 radical (unpaired) electrons.